The SMILES string of the molecule is Nc1nc(NC2Cc3ccccc3N(S(=O)(=O)c3cccc(Cl)c3Cl)C2)c2cn[nH]c2n1. The number of rotatable bonds is 4. The first kappa shape index (κ1) is 20.8. The van der Waals surface area contributed by atoms with Crippen LogP contribution in [0.15, 0.2) is 53.6 Å². The third-order valence-electron chi connectivity index (χ3n) is 5.26. The van der Waals surface area contributed by atoms with Crippen molar-refractivity contribution in [1.29, 1.82) is 0 Å². The number of H-pyrrole nitrogens is 1. The molecule has 0 radical (unpaired) electrons. The number of nitrogen functional groups attached to an aromatic ring is 1. The highest BCUT2D eigenvalue weighted by atomic mass is 35.5. The number of fused-ring (bicyclic) bond motifs is 2. The van der Waals surface area contributed by atoms with E-state index in [1.807, 2.05) is 12.1 Å². The average Bonchev–Trinajstić information content (AvgIpc) is 3.23. The van der Waals surface area contributed by atoms with Crippen molar-refractivity contribution in [3.05, 3.63) is 64.3 Å². The second-order valence-corrected chi connectivity index (χ2v) is 9.94. The third-order valence-corrected chi connectivity index (χ3v) is 8.02. The van der Waals surface area contributed by atoms with E-state index in [4.69, 9.17) is 28.9 Å². The van der Waals surface area contributed by atoms with E-state index in [0.29, 0.717) is 29.0 Å². The molecule has 0 aliphatic carbocycles. The van der Waals surface area contributed by atoms with Gasteiger partial charge in [0.15, 0.2) is 5.65 Å². The monoisotopic (exact) mass is 489 g/mol. The first-order chi connectivity index (χ1) is 15.3. The Kier molecular flexibility index (Phi) is 5.07. The van der Waals surface area contributed by atoms with Gasteiger partial charge in [0.1, 0.15) is 10.7 Å². The fraction of sp³-hybridized carbons (Fsp3) is 0.150. The summed E-state index contributed by atoms with van der Waals surface area (Å²) in [5, 5.41) is 10.9. The molecule has 1 aliphatic rings. The van der Waals surface area contributed by atoms with Gasteiger partial charge in [-0.2, -0.15) is 15.1 Å². The molecule has 3 heterocycles. The topological polar surface area (TPSA) is 130 Å². The number of anilines is 3. The van der Waals surface area contributed by atoms with Crippen molar-refractivity contribution in [2.75, 3.05) is 21.9 Å². The Morgan fingerprint density at radius 3 is 2.78 bits per heavy atom. The van der Waals surface area contributed by atoms with Crippen LogP contribution in [0.4, 0.5) is 17.5 Å². The molecular weight excluding hydrogens is 473 g/mol. The number of nitrogens with zero attached hydrogens (tertiary/aromatic N) is 4. The Bertz CT molecular complexity index is 1440. The van der Waals surface area contributed by atoms with Gasteiger partial charge < -0.3 is 11.1 Å². The maximum atomic E-state index is 13.6. The van der Waals surface area contributed by atoms with Crippen LogP contribution in [0.5, 0.6) is 0 Å². The Morgan fingerprint density at radius 2 is 1.94 bits per heavy atom. The zero-order chi connectivity index (χ0) is 22.5. The minimum atomic E-state index is -3.99. The zero-order valence-corrected chi connectivity index (χ0v) is 18.8. The van der Waals surface area contributed by atoms with Crippen LogP contribution >= 0.6 is 23.2 Å². The lowest BCUT2D eigenvalue weighted by Gasteiger charge is -2.36. The molecule has 2 aromatic carbocycles. The minimum absolute atomic E-state index is 0.00888. The highest BCUT2D eigenvalue weighted by Crippen LogP contribution is 2.37. The van der Waals surface area contributed by atoms with Crippen molar-refractivity contribution in [2.24, 2.45) is 0 Å². The number of hydrogen-bond donors (Lipinski definition) is 3. The van der Waals surface area contributed by atoms with Crippen molar-refractivity contribution in [1.82, 2.24) is 20.2 Å². The molecular formula is C20H17Cl2N7O2S. The van der Waals surface area contributed by atoms with Crippen LogP contribution in [0.2, 0.25) is 10.0 Å². The van der Waals surface area contributed by atoms with Crippen molar-refractivity contribution >= 4 is 61.7 Å². The lowest BCUT2D eigenvalue weighted by molar-refractivity contribution is 0.581. The van der Waals surface area contributed by atoms with E-state index in [1.165, 1.54) is 10.4 Å². The van der Waals surface area contributed by atoms with E-state index >= 15 is 0 Å². The molecule has 4 N–H and O–H groups in total. The van der Waals surface area contributed by atoms with Crippen LogP contribution < -0.4 is 15.4 Å². The van der Waals surface area contributed by atoms with Gasteiger partial charge in [-0.25, -0.2) is 8.42 Å². The van der Waals surface area contributed by atoms with Crippen molar-refractivity contribution in [3.8, 4) is 0 Å². The number of nitrogens with one attached hydrogen (secondary N) is 2. The molecule has 0 saturated heterocycles. The molecule has 1 atom stereocenters. The summed E-state index contributed by atoms with van der Waals surface area (Å²) in [6.45, 7) is 0.144. The van der Waals surface area contributed by atoms with Crippen molar-refractivity contribution < 1.29 is 8.42 Å². The molecule has 0 saturated carbocycles. The number of hydrogen-bond acceptors (Lipinski definition) is 7. The van der Waals surface area contributed by atoms with Crippen molar-refractivity contribution in [2.45, 2.75) is 17.4 Å². The molecule has 4 aromatic rings. The average molecular weight is 490 g/mol. The van der Waals surface area contributed by atoms with E-state index in [1.54, 1.807) is 30.5 Å². The van der Waals surface area contributed by atoms with E-state index < -0.39 is 10.0 Å². The van der Waals surface area contributed by atoms with Crippen LogP contribution in [0.3, 0.4) is 0 Å². The summed E-state index contributed by atoms with van der Waals surface area (Å²) < 4.78 is 28.6. The smallest absolute Gasteiger partial charge is 0.265 e. The molecule has 1 aliphatic heterocycles. The highest BCUT2D eigenvalue weighted by molar-refractivity contribution is 7.93. The largest absolute Gasteiger partial charge is 0.368 e. The number of aromatic nitrogens is 4. The van der Waals surface area contributed by atoms with Crippen LogP contribution in [0.25, 0.3) is 11.0 Å². The predicted octanol–water partition coefficient (Wildman–Crippen LogP) is 3.47. The van der Waals surface area contributed by atoms with Crippen LogP contribution in [-0.4, -0.2) is 41.2 Å². The van der Waals surface area contributed by atoms with Crippen LogP contribution in [0, 0.1) is 0 Å². The fourth-order valence-corrected chi connectivity index (χ4v) is 6.12. The molecule has 2 aromatic heterocycles. The molecule has 0 bridgehead atoms. The Hall–Kier alpha value is -3.08. The molecule has 32 heavy (non-hydrogen) atoms. The lowest BCUT2D eigenvalue weighted by Crippen LogP contribution is -2.45. The van der Waals surface area contributed by atoms with E-state index in [-0.39, 0.29) is 33.5 Å². The maximum Gasteiger partial charge on any atom is 0.265 e. The van der Waals surface area contributed by atoms with Crippen molar-refractivity contribution in [3.63, 3.8) is 0 Å². The number of benzene rings is 2. The Morgan fingerprint density at radius 1 is 1.12 bits per heavy atom. The van der Waals surface area contributed by atoms with E-state index in [9.17, 15) is 8.42 Å². The quantitative estimate of drug-likeness (QED) is 0.399. The van der Waals surface area contributed by atoms with Gasteiger partial charge in [0.05, 0.1) is 39.9 Å². The maximum absolute atomic E-state index is 13.6. The van der Waals surface area contributed by atoms with E-state index in [0.717, 1.165) is 5.56 Å². The number of para-hydroxylation sites is 1. The summed E-state index contributed by atoms with van der Waals surface area (Å²) in [5.74, 6) is 0.555. The van der Waals surface area contributed by atoms with Gasteiger partial charge >= 0.3 is 0 Å². The molecule has 0 amide bonds. The van der Waals surface area contributed by atoms with E-state index in [2.05, 4.69) is 25.5 Å². The third kappa shape index (κ3) is 3.50. The lowest BCUT2D eigenvalue weighted by atomic mass is 9.99. The molecule has 12 heteroatoms. The van der Waals surface area contributed by atoms with Gasteiger partial charge in [0.2, 0.25) is 5.95 Å². The second kappa shape index (κ2) is 7.80. The molecule has 5 rings (SSSR count). The first-order valence-electron chi connectivity index (χ1n) is 9.62. The van der Waals surface area contributed by atoms with Gasteiger partial charge in [-0.05, 0) is 30.2 Å². The predicted molar refractivity (Wildman–Crippen MR) is 125 cm³/mol. The number of halogens is 2. The zero-order valence-electron chi connectivity index (χ0n) is 16.5. The summed E-state index contributed by atoms with van der Waals surface area (Å²) >= 11 is 12.4. The minimum Gasteiger partial charge on any atom is -0.368 e. The number of aromatic amines is 1. The van der Waals surface area contributed by atoms with Crippen LogP contribution in [-0.2, 0) is 16.4 Å². The standard InChI is InChI=1S/C20H17Cl2N7O2S/c21-14-5-3-7-16(17(14)22)32(30,31)29-10-12(8-11-4-1-2-6-15(11)29)25-18-13-9-24-28-19(13)27-20(23)26-18/h1-7,9,12H,8,10H2,(H4,23,24,25,26,27,28). The normalized spacial score (nSPS) is 16.2. The van der Waals surface area contributed by atoms with Gasteiger partial charge in [-0.1, -0.05) is 47.5 Å². The molecule has 0 fully saturated rings. The number of nitrogens with two attached hydrogens (primary N) is 1. The first-order valence-corrected chi connectivity index (χ1v) is 11.8. The second-order valence-electron chi connectivity index (χ2n) is 7.32. The number of sulfonamides is 1. The van der Waals surface area contributed by atoms with Gasteiger partial charge in [-0.15, -0.1) is 0 Å². The molecule has 1 unspecified atom stereocenters. The van der Waals surface area contributed by atoms with Gasteiger partial charge in [0.25, 0.3) is 10.0 Å². The Labute approximate surface area is 193 Å². The Balaban J connectivity index is 1.56. The summed E-state index contributed by atoms with van der Waals surface area (Å²) in [5.41, 5.74) is 7.78. The van der Waals surface area contributed by atoms with Gasteiger partial charge in [-0.3, -0.25) is 9.40 Å². The summed E-state index contributed by atoms with van der Waals surface area (Å²) in [4.78, 5) is 8.35. The molecule has 0 spiro atoms. The molecule has 9 nitrogen and oxygen atoms in total. The summed E-state index contributed by atoms with van der Waals surface area (Å²) in [6, 6.07) is 11.6. The van der Waals surface area contributed by atoms with Gasteiger partial charge in [0, 0.05) is 0 Å². The summed E-state index contributed by atoms with van der Waals surface area (Å²) in [6.07, 6.45) is 2.17. The summed E-state index contributed by atoms with van der Waals surface area (Å²) in [7, 11) is -3.99. The van der Waals surface area contributed by atoms with Crippen LogP contribution in [0.1, 0.15) is 5.56 Å². The highest BCUT2D eigenvalue weighted by Gasteiger charge is 2.35. The molecule has 164 valence electrons. The fourth-order valence-electron chi connectivity index (χ4n) is 3.84.